The van der Waals surface area contributed by atoms with E-state index in [4.69, 9.17) is 0 Å². The third-order valence-electron chi connectivity index (χ3n) is 4.51. The summed E-state index contributed by atoms with van der Waals surface area (Å²) < 4.78 is 3.32. The first-order valence-electron chi connectivity index (χ1n) is 8.04. The molecule has 0 aliphatic rings. The molecule has 0 spiro atoms. The van der Waals surface area contributed by atoms with Gasteiger partial charge in [-0.05, 0) is 0 Å². The van der Waals surface area contributed by atoms with Crippen molar-refractivity contribution in [1.82, 2.24) is 0 Å². The summed E-state index contributed by atoms with van der Waals surface area (Å²) in [7, 11) is 0. The molecule has 1 heteroatoms. The van der Waals surface area contributed by atoms with E-state index >= 15 is 0 Å². The van der Waals surface area contributed by atoms with Crippen LogP contribution in [0.15, 0.2) is 48.5 Å². The molecule has 0 fully saturated rings. The van der Waals surface area contributed by atoms with Crippen LogP contribution in [-0.2, 0) is 0 Å². The molecule has 0 saturated carbocycles. The van der Waals surface area contributed by atoms with E-state index in [1.807, 2.05) is 0 Å². The second kappa shape index (κ2) is 6.56. The van der Waals surface area contributed by atoms with Crippen molar-refractivity contribution >= 4 is 25.5 Å². The van der Waals surface area contributed by atoms with Crippen LogP contribution in [0, 0.1) is 0 Å². The van der Waals surface area contributed by atoms with E-state index in [9.17, 15) is 0 Å². The van der Waals surface area contributed by atoms with Crippen molar-refractivity contribution in [3.05, 3.63) is 59.7 Å². The Hall–Kier alpha value is -0.761. The Morgan fingerprint density at radius 2 is 0.952 bits per heavy atom. The molecule has 0 unspecified atom stereocenters. The van der Waals surface area contributed by atoms with Crippen molar-refractivity contribution in [2.45, 2.75) is 49.4 Å². The normalized spacial score (nSPS) is 12.2. The zero-order chi connectivity index (χ0) is 15.6. The van der Waals surface area contributed by atoms with Crippen LogP contribution >= 0.6 is 0 Å². The molecule has 0 saturated heterocycles. The van der Waals surface area contributed by atoms with Gasteiger partial charge < -0.3 is 0 Å². The van der Waals surface area contributed by atoms with Crippen molar-refractivity contribution in [1.29, 1.82) is 0 Å². The van der Waals surface area contributed by atoms with E-state index in [-0.39, 0.29) is 0 Å². The van der Waals surface area contributed by atoms with E-state index in [0.29, 0.717) is 11.8 Å². The zero-order valence-corrected chi connectivity index (χ0v) is 17.1. The fourth-order valence-electron chi connectivity index (χ4n) is 3.28. The van der Waals surface area contributed by atoms with Gasteiger partial charge in [0, 0.05) is 0 Å². The quantitative estimate of drug-likeness (QED) is 0.664. The van der Waals surface area contributed by atoms with Crippen LogP contribution in [0.1, 0.15) is 50.7 Å². The predicted molar refractivity (Wildman–Crippen MR) is 97.8 cm³/mol. The first-order chi connectivity index (χ1) is 9.85. The van der Waals surface area contributed by atoms with Crippen molar-refractivity contribution in [2.75, 3.05) is 0 Å². The van der Waals surface area contributed by atoms with E-state index in [1.165, 1.54) is 0 Å². The zero-order valence-electron chi connectivity index (χ0n) is 14.3. The molecule has 0 bridgehead atoms. The van der Waals surface area contributed by atoms with Gasteiger partial charge in [0.1, 0.15) is 0 Å². The third kappa shape index (κ3) is 3.36. The summed E-state index contributed by atoms with van der Waals surface area (Å²) >= 11 is -2.54. The van der Waals surface area contributed by atoms with Crippen molar-refractivity contribution in [3.8, 4) is 0 Å². The van der Waals surface area contributed by atoms with Crippen LogP contribution < -0.4 is 7.16 Å². The number of benzene rings is 2. The molecule has 0 aromatic heterocycles. The minimum absolute atomic E-state index is 0.600. The second-order valence-electron chi connectivity index (χ2n) is 7.11. The monoisotopic (exact) mass is 388 g/mol. The molecule has 21 heavy (non-hydrogen) atoms. The molecule has 0 amide bonds. The molecule has 2 aromatic rings. The van der Waals surface area contributed by atoms with Gasteiger partial charge in [0.05, 0.1) is 0 Å². The van der Waals surface area contributed by atoms with Gasteiger partial charge >= 0.3 is 135 Å². The first kappa shape index (κ1) is 16.6. The summed E-state index contributed by atoms with van der Waals surface area (Å²) in [5.41, 5.74) is 3.11. The van der Waals surface area contributed by atoms with Gasteiger partial charge in [-0.15, -0.1) is 0 Å². The second-order valence-corrected chi connectivity index (χ2v) is 19.5. The average molecular weight is 387 g/mol. The van der Waals surface area contributed by atoms with E-state index < -0.39 is 18.4 Å². The summed E-state index contributed by atoms with van der Waals surface area (Å²) in [5, 5.41) is 0. The Morgan fingerprint density at radius 1 is 0.619 bits per heavy atom. The number of rotatable bonds is 4. The van der Waals surface area contributed by atoms with Gasteiger partial charge in [0.25, 0.3) is 0 Å². The Bertz CT molecular complexity index is 555. The molecule has 0 N–H and O–H groups in total. The van der Waals surface area contributed by atoms with E-state index in [2.05, 4.69) is 86.1 Å². The topological polar surface area (TPSA) is 0 Å². The Kier molecular flexibility index (Phi) is 5.19. The summed E-state index contributed by atoms with van der Waals surface area (Å²) in [5.74, 6) is 1.20. The van der Waals surface area contributed by atoms with Crippen LogP contribution in [0.3, 0.4) is 0 Å². The van der Waals surface area contributed by atoms with E-state index in [1.54, 1.807) is 18.3 Å². The molecule has 0 aliphatic heterocycles. The molecule has 0 atom stereocenters. The molecule has 0 nitrogen and oxygen atoms in total. The average Bonchev–Trinajstić information content (AvgIpc) is 2.47. The number of hydrogen-bond donors (Lipinski definition) is 0. The summed E-state index contributed by atoms with van der Waals surface area (Å²) in [4.78, 5) is 5.13. The van der Waals surface area contributed by atoms with Crippen LogP contribution in [-0.4, -0.2) is 18.4 Å². The van der Waals surface area contributed by atoms with Crippen molar-refractivity contribution < 1.29 is 0 Å². The fourth-order valence-corrected chi connectivity index (χ4v) is 13.3. The van der Waals surface area contributed by atoms with Gasteiger partial charge in [0.2, 0.25) is 0 Å². The maximum absolute atomic E-state index is 2.57. The molecule has 0 aliphatic carbocycles. The van der Waals surface area contributed by atoms with Gasteiger partial charge in [0.15, 0.2) is 0 Å². The Labute approximate surface area is 134 Å². The molecule has 2 aromatic carbocycles. The summed E-state index contributed by atoms with van der Waals surface area (Å²) in [6.07, 6.45) is 0. The van der Waals surface area contributed by atoms with Gasteiger partial charge in [-0.3, -0.25) is 0 Å². The van der Waals surface area contributed by atoms with Crippen molar-refractivity contribution in [3.63, 3.8) is 0 Å². The van der Waals surface area contributed by atoms with Gasteiger partial charge in [-0.2, -0.15) is 0 Å². The molecule has 2 rings (SSSR count). The predicted octanol–water partition coefficient (Wildman–Crippen LogP) is 4.76. The molecule has 112 valence electrons. The van der Waals surface area contributed by atoms with Gasteiger partial charge in [-0.1, -0.05) is 0 Å². The summed E-state index contributed by atoms with van der Waals surface area (Å²) in [6, 6.07) is 18.3. The Balaban J connectivity index is 2.63. The van der Waals surface area contributed by atoms with E-state index in [0.717, 1.165) is 0 Å². The Morgan fingerprint density at radius 3 is 1.29 bits per heavy atom. The van der Waals surface area contributed by atoms with Crippen LogP contribution in [0.4, 0.5) is 0 Å². The SMILES string of the molecule is CC(C)c1cccc[c]1[Sn]([CH3])([CH3])[c]1ccccc1C(C)C. The van der Waals surface area contributed by atoms with Crippen molar-refractivity contribution in [2.24, 2.45) is 0 Å². The standard InChI is InChI=1S/2C9H11.2CH3.Sn/c2*1-8(2)9-6-4-3-5-7-9;;;/h2*3-6,8H,1-2H3;2*1H3;. The van der Waals surface area contributed by atoms with Gasteiger partial charge in [-0.25, -0.2) is 0 Å². The van der Waals surface area contributed by atoms with Crippen LogP contribution in [0.5, 0.6) is 0 Å². The number of hydrogen-bond acceptors (Lipinski definition) is 0. The minimum atomic E-state index is -2.54. The molecule has 0 radical (unpaired) electrons. The van der Waals surface area contributed by atoms with Crippen LogP contribution in [0.25, 0.3) is 0 Å². The maximum atomic E-state index is 2.57. The first-order valence-corrected chi connectivity index (χ1v) is 16.6. The fraction of sp³-hybridized carbons (Fsp3) is 0.400. The molecule has 0 heterocycles. The van der Waals surface area contributed by atoms with Crippen LogP contribution in [0.2, 0.25) is 9.88 Å². The summed E-state index contributed by atoms with van der Waals surface area (Å²) in [6.45, 7) is 9.26. The molecular formula is C20H28Sn. The molecular weight excluding hydrogens is 359 g/mol. The third-order valence-corrected chi connectivity index (χ3v) is 14.8.